The van der Waals surface area contributed by atoms with Crippen LogP contribution in [0.4, 0.5) is 5.82 Å². The number of hydrogen-bond acceptors (Lipinski definition) is 6. The van der Waals surface area contributed by atoms with Crippen LogP contribution in [0.2, 0.25) is 0 Å². The molecule has 3 aromatic rings. The molecule has 1 atom stereocenters. The average molecular weight is 350 g/mol. The molecule has 6 heteroatoms. The third-order valence-corrected chi connectivity index (χ3v) is 4.89. The van der Waals surface area contributed by atoms with Crippen molar-refractivity contribution in [1.29, 1.82) is 0 Å². The van der Waals surface area contributed by atoms with Gasteiger partial charge in [0.2, 0.25) is 0 Å². The molecule has 0 unspecified atom stereocenters. The van der Waals surface area contributed by atoms with Gasteiger partial charge in [-0.3, -0.25) is 0 Å². The predicted octanol–water partition coefficient (Wildman–Crippen LogP) is 3.21. The highest BCUT2D eigenvalue weighted by Gasteiger charge is 2.20. The van der Waals surface area contributed by atoms with Crippen LogP contribution in [0, 0.1) is 0 Å². The van der Waals surface area contributed by atoms with E-state index in [9.17, 15) is 10.2 Å². The second-order valence-electron chi connectivity index (χ2n) is 6.89. The molecule has 0 radical (unpaired) electrons. The SMILES string of the molecule is CN1CCC[C@@H](Nc2nnc(-c3ccc(O)cc3O)c3ccccc23)C1. The number of likely N-dealkylation sites (tertiary alicyclic amines) is 1. The highest BCUT2D eigenvalue weighted by molar-refractivity contribution is 6.00. The molecule has 2 heterocycles. The van der Waals surface area contributed by atoms with Gasteiger partial charge < -0.3 is 20.4 Å². The molecule has 0 aliphatic carbocycles. The normalized spacial score (nSPS) is 18.1. The van der Waals surface area contributed by atoms with Crippen molar-refractivity contribution in [3.63, 3.8) is 0 Å². The smallest absolute Gasteiger partial charge is 0.156 e. The molecular formula is C20H22N4O2. The molecule has 1 fully saturated rings. The second-order valence-corrected chi connectivity index (χ2v) is 6.89. The van der Waals surface area contributed by atoms with Crippen molar-refractivity contribution in [3.05, 3.63) is 42.5 Å². The largest absolute Gasteiger partial charge is 0.508 e. The molecule has 26 heavy (non-hydrogen) atoms. The van der Waals surface area contributed by atoms with Gasteiger partial charge in [0.05, 0.1) is 0 Å². The van der Waals surface area contributed by atoms with Gasteiger partial charge in [-0.1, -0.05) is 24.3 Å². The van der Waals surface area contributed by atoms with E-state index < -0.39 is 0 Å². The number of benzene rings is 2. The third-order valence-electron chi connectivity index (χ3n) is 4.89. The third kappa shape index (κ3) is 3.15. The summed E-state index contributed by atoms with van der Waals surface area (Å²) >= 11 is 0. The Morgan fingerprint density at radius 2 is 1.88 bits per heavy atom. The van der Waals surface area contributed by atoms with Gasteiger partial charge in [0.25, 0.3) is 0 Å². The van der Waals surface area contributed by atoms with E-state index in [1.54, 1.807) is 6.07 Å². The van der Waals surface area contributed by atoms with E-state index in [4.69, 9.17) is 0 Å². The number of aromatic nitrogens is 2. The zero-order valence-electron chi connectivity index (χ0n) is 14.7. The van der Waals surface area contributed by atoms with E-state index in [2.05, 4.69) is 27.5 Å². The first-order valence-electron chi connectivity index (χ1n) is 8.84. The molecule has 1 aliphatic heterocycles. The average Bonchev–Trinajstić information content (AvgIpc) is 2.63. The molecule has 1 aromatic heterocycles. The van der Waals surface area contributed by atoms with E-state index >= 15 is 0 Å². The first-order chi connectivity index (χ1) is 12.6. The van der Waals surface area contributed by atoms with Crippen molar-refractivity contribution in [3.8, 4) is 22.8 Å². The van der Waals surface area contributed by atoms with Gasteiger partial charge in [-0.25, -0.2) is 0 Å². The Morgan fingerprint density at radius 3 is 2.65 bits per heavy atom. The molecule has 134 valence electrons. The number of aromatic hydroxyl groups is 2. The number of piperidine rings is 1. The van der Waals surface area contributed by atoms with E-state index in [-0.39, 0.29) is 11.5 Å². The molecule has 6 nitrogen and oxygen atoms in total. The Labute approximate surface area is 152 Å². The molecule has 1 aliphatic rings. The van der Waals surface area contributed by atoms with Crippen LogP contribution >= 0.6 is 0 Å². The number of nitrogens with zero attached hydrogens (tertiary/aromatic N) is 3. The summed E-state index contributed by atoms with van der Waals surface area (Å²) in [5.74, 6) is 0.769. The summed E-state index contributed by atoms with van der Waals surface area (Å²) in [7, 11) is 2.13. The maximum absolute atomic E-state index is 10.2. The number of fused-ring (bicyclic) bond motifs is 1. The van der Waals surface area contributed by atoms with Crippen LogP contribution < -0.4 is 5.32 Å². The molecule has 3 N–H and O–H groups in total. The van der Waals surface area contributed by atoms with Gasteiger partial charge in [-0.2, -0.15) is 0 Å². The van der Waals surface area contributed by atoms with Gasteiger partial charge in [-0.15, -0.1) is 10.2 Å². The van der Waals surface area contributed by atoms with Gasteiger partial charge in [0.15, 0.2) is 5.82 Å². The summed E-state index contributed by atoms with van der Waals surface area (Å²) in [5, 5.41) is 34.0. The number of likely N-dealkylation sites (N-methyl/N-ethyl adjacent to an activating group) is 1. The van der Waals surface area contributed by atoms with Crippen LogP contribution in [0.1, 0.15) is 12.8 Å². The summed E-state index contributed by atoms with van der Waals surface area (Å²) in [4.78, 5) is 2.32. The van der Waals surface area contributed by atoms with Crippen LogP contribution in [0.3, 0.4) is 0 Å². The lowest BCUT2D eigenvalue weighted by atomic mass is 10.0. The molecular weight excluding hydrogens is 328 g/mol. The fraction of sp³-hybridized carbons (Fsp3) is 0.300. The monoisotopic (exact) mass is 350 g/mol. The zero-order chi connectivity index (χ0) is 18.1. The lowest BCUT2D eigenvalue weighted by Crippen LogP contribution is -2.40. The quantitative estimate of drug-likeness (QED) is 0.673. The standard InChI is InChI=1S/C20H22N4O2/c1-24-10-4-5-13(12-24)21-20-16-7-3-2-6-15(16)19(22-23-20)17-9-8-14(25)11-18(17)26/h2-3,6-9,11,13,25-26H,4-5,10,12H2,1H3,(H,21,23)/t13-/m1/s1. The summed E-state index contributed by atoms with van der Waals surface area (Å²) in [6.07, 6.45) is 2.28. The fourth-order valence-electron chi connectivity index (χ4n) is 3.61. The summed E-state index contributed by atoms with van der Waals surface area (Å²) < 4.78 is 0. The van der Waals surface area contributed by atoms with Crippen molar-refractivity contribution in [2.75, 3.05) is 25.5 Å². The highest BCUT2D eigenvalue weighted by atomic mass is 16.3. The molecule has 0 bridgehead atoms. The Morgan fingerprint density at radius 1 is 1.08 bits per heavy atom. The van der Waals surface area contributed by atoms with Crippen molar-refractivity contribution in [1.82, 2.24) is 15.1 Å². The zero-order valence-corrected chi connectivity index (χ0v) is 14.7. The molecule has 0 saturated carbocycles. The number of anilines is 1. The Kier molecular flexibility index (Phi) is 4.34. The summed E-state index contributed by atoms with van der Waals surface area (Å²) in [5.41, 5.74) is 1.15. The highest BCUT2D eigenvalue weighted by Crippen LogP contribution is 2.36. The van der Waals surface area contributed by atoms with Crippen LogP contribution in [0.25, 0.3) is 22.0 Å². The lowest BCUT2D eigenvalue weighted by Gasteiger charge is -2.30. The van der Waals surface area contributed by atoms with Crippen LogP contribution in [0.15, 0.2) is 42.5 Å². The number of phenolic OH excluding ortho intramolecular Hbond substituents is 2. The van der Waals surface area contributed by atoms with Gasteiger partial charge in [0.1, 0.15) is 17.2 Å². The minimum absolute atomic E-state index is 0.0148. The van der Waals surface area contributed by atoms with Gasteiger partial charge in [-0.05, 0) is 38.6 Å². The van der Waals surface area contributed by atoms with Crippen molar-refractivity contribution in [2.24, 2.45) is 0 Å². The van der Waals surface area contributed by atoms with Crippen molar-refractivity contribution >= 4 is 16.6 Å². The predicted molar refractivity (Wildman–Crippen MR) is 102 cm³/mol. The van der Waals surface area contributed by atoms with E-state index in [1.165, 1.54) is 18.6 Å². The van der Waals surface area contributed by atoms with E-state index in [1.807, 2.05) is 24.3 Å². The van der Waals surface area contributed by atoms with Crippen LogP contribution in [-0.2, 0) is 0 Å². The Bertz CT molecular complexity index is 944. The minimum atomic E-state index is -0.0148. The maximum Gasteiger partial charge on any atom is 0.156 e. The fourth-order valence-corrected chi connectivity index (χ4v) is 3.61. The summed E-state index contributed by atoms with van der Waals surface area (Å²) in [6.45, 7) is 2.11. The van der Waals surface area contributed by atoms with Crippen molar-refractivity contribution in [2.45, 2.75) is 18.9 Å². The Hall–Kier alpha value is -2.86. The number of phenols is 2. The molecule has 1 saturated heterocycles. The second kappa shape index (κ2) is 6.80. The lowest BCUT2D eigenvalue weighted by molar-refractivity contribution is 0.261. The first kappa shape index (κ1) is 16.6. The van der Waals surface area contributed by atoms with Gasteiger partial charge in [0, 0.05) is 35.0 Å². The number of rotatable bonds is 3. The first-order valence-corrected chi connectivity index (χ1v) is 8.84. The van der Waals surface area contributed by atoms with Crippen LogP contribution in [-0.4, -0.2) is 51.5 Å². The Balaban J connectivity index is 1.76. The number of nitrogens with one attached hydrogen (secondary N) is 1. The van der Waals surface area contributed by atoms with E-state index in [0.717, 1.165) is 36.1 Å². The summed E-state index contributed by atoms with van der Waals surface area (Å²) in [6, 6.07) is 12.8. The molecule has 0 amide bonds. The van der Waals surface area contributed by atoms with Gasteiger partial charge >= 0.3 is 0 Å². The van der Waals surface area contributed by atoms with E-state index in [0.29, 0.717) is 17.3 Å². The van der Waals surface area contributed by atoms with Crippen LogP contribution in [0.5, 0.6) is 11.5 Å². The molecule has 4 rings (SSSR count). The minimum Gasteiger partial charge on any atom is -0.508 e. The topological polar surface area (TPSA) is 81.5 Å². The maximum atomic E-state index is 10.2. The molecule has 2 aromatic carbocycles. The number of hydrogen-bond donors (Lipinski definition) is 3. The van der Waals surface area contributed by atoms with Crippen molar-refractivity contribution < 1.29 is 10.2 Å². The molecule has 0 spiro atoms.